The Bertz CT molecular complexity index is 1170. The van der Waals surface area contributed by atoms with Crippen molar-refractivity contribution in [1.29, 1.82) is 0 Å². The molecule has 8 heteroatoms. The SMILES string of the molecule is N[C@@H](CCN(Cc1ccccc1Oc1cccnc1)Cc1ccccc1Oc1cccnc1)C(=O)O. The smallest absolute Gasteiger partial charge is 0.320 e. The van der Waals surface area contributed by atoms with Gasteiger partial charge in [0.25, 0.3) is 0 Å². The highest BCUT2D eigenvalue weighted by Gasteiger charge is 2.18. The second-order valence-corrected chi connectivity index (χ2v) is 8.24. The molecule has 2 heterocycles. The number of hydrogen-bond donors (Lipinski definition) is 2. The van der Waals surface area contributed by atoms with Crippen molar-refractivity contribution in [2.45, 2.75) is 25.6 Å². The Morgan fingerprint density at radius 2 is 1.31 bits per heavy atom. The molecule has 0 bridgehead atoms. The Kier molecular flexibility index (Phi) is 8.58. The summed E-state index contributed by atoms with van der Waals surface area (Å²) in [6, 6.07) is 21.9. The Hall–Kier alpha value is -4.27. The van der Waals surface area contributed by atoms with Crippen molar-refractivity contribution < 1.29 is 19.4 Å². The zero-order valence-corrected chi connectivity index (χ0v) is 19.7. The maximum atomic E-state index is 11.3. The van der Waals surface area contributed by atoms with Crippen LogP contribution < -0.4 is 15.2 Å². The summed E-state index contributed by atoms with van der Waals surface area (Å²) in [6.45, 7) is 1.50. The molecule has 2 aromatic heterocycles. The molecule has 0 saturated carbocycles. The number of pyridine rings is 2. The molecule has 0 aliphatic carbocycles. The van der Waals surface area contributed by atoms with Crippen LogP contribution in [0.15, 0.2) is 97.6 Å². The van der Waals surface area contributed by atoms with Gasteiger partial charge in [0.15, 0.2) is 0 Å². The van der Waals surface area contributed by atoms with E-state index in [-0.39, 0.29) is 0 Å². The number of aliphatic carboxylic acids is 1. The van der Waals surface area contributed by atoms with Crippen LogP contribution in [0, 0.1) is 0 Å². The van der Waals surface area contributed by atoms with Gasteiger partial charge in [0.1, 0.15) is 29.0 Å². The van der Waals surface area contributed by atoms with Gasteiger partial charge in [-0.2, -0.15) is 0 Å². The molecule has 8 nitrogen and oxygen atoms in total. The third kappa shape index (κ3) is 7.11. The number of carbonyl (C=O) groups is 1. The van der Waals surface area contributed by atoms with E-state index in [1.807, 2.05) is 72.8 Å². The first kappa shape index (κ1) is 24.8. The number of hydrogen-bond acceptors (Lipinski definition) is 7. The molecule has 0 radical (unpaired) electrons. The number of para-hydroxylation sites is 2. The van der Waals surface area contributed by atoms with Crippen LogP contribution in [0.25, 0.3) is 0 Å². The Balaban J connectivity index is 1.57. The van der Waals surface area contributed by atoms with Crippen molar-refractivity contribution in [3.8, 4) is 23.0 Å². The number of aromatic nitrogens is 2. The summed E-state index contributed by atoms with van der Waals surface area (Å²) >= 11 is 0. The van der Waals surface area contributed by atoms with Crippen LogP contribution in [-0.4, -0.2) is 38.5 Å². The Labute approximate surface area is 210 Å². The fourth-order valence-electron chi connectivity index (χ4n) is 3.68. The largest absolute Gasteiger partial charge is 0.480 e. The van der Waals surface area contributed by atoms with E-state index in [4.69, 9.17) is 15.2 Å². The minimum Gasteiger partial charge on any atom is -0.480 e. The summed E-state index contributed by atoms with van der Waals surface area (Å²) in [6.07, 6.45) is 7.00. The predicted molar refractivity (Wildman–Crippen MR) is 136 cm³/mol. The highest BCUT2D eigenvalue weighted by atomic mass is 16.5. The summed E-state index contributed by atoms with van der Waals surface area (Å²) in [5, 5.41) is 9.30. The fraction of sp³-hybridized carbons (Fsp3) is 0.179. The zero-order chi connectivity index (χ0) is 25.2. The van der Waals surface area contributed by atoms with Crippen LogP contribution in [0.2, 0.25) is 0 Å². The lowest BCUT2D eigenvalue weighted by atomic mass is 10.1. The van der Waals surface area contributed by atoms with E-state index >= 15 is 0 Å². The number of benzene rings is 2. The van der Waals surface area contributed by atoms with E-state index in [9.17, 15) is 9.90 Å². The van der Waals surface area contributed by atoms with Crippen molar-refractivity contribution in [3.63, 3.8) is 0 Å². The molecule has 4 aromatic rings. The molecule has 0 saturated heterocycles. The van der Waals surface area contributed by atoms with Gasteiger partial charge < -0.3 is 20.3 Å². The average Bonchev–Trinajstić information content (AvgIpc) is 2.90. The minimum atomic E-state index is -1.02. The van der Waals surface area contributed by atoms with Gasteiger partial charge in [-0.15, -0.1) is 0 Å². The molecule has 36 heavy (non-hydrogen) atoms. The Morgan fingerprint density at radius 1 is 0.806 bits per heavy atom. The summed E-state index contributed by atoms with van der Waals surface area (Å²) in [5.41, 5.74) is 7.74. The molecule has 0 aliphatic rings. The van der Waals surface area contributed by atoms with Crippen LogP contribution >= 0.6 is 0 Å². The van der Waals surface area contributed by atoms with E-state index in [0.29, 0.717) is 49.1 Å². The van der Waals surface area contributed by atoms with Crippen LogP contribution in [0.5, 0.6) is 23.0 Å². The second kappa shape index (κ2) is 12.4. The number of carboxylic acid groups (broad SMARTS) is 1. The first-order valence-corrected chi connectivity index (χ1v) is 11.6. The number of nitrogens with zero attached hydrogens (tertiary/aromatic N) is 3. The van der Waals surface area contributed by atoms with Gasteiger partial charge in [-0.3, -0.25) is 19.7 Å². The number of rotatable bonds is 12. The average molecular weight is 485 g/mol. The van der Waals surface area contributed by atoms with Gasteiger partial charge in [-0.05, 0) is 42.8 Å². The normalized spacial score (nSPS) is 11.7. The molecule has 0 fully saturated rings. The number of nitrogens with two attached hydrogens (primary N) is 1. The molecule has 184 valence electrons. The van der Waals surface area contributed by atoms with Crippen molar-refractivity contribution in [1.82, 2.24) is 14.9 Å². The topological polar surface area (TPSA) is 111 Å². The molecule has 0 amide bonds. The number of carboxylic acids is 1. The van der Waals surface area contributed by atoms with Crippen molar-refractivity contribution in [2.24, 2.45) is 5.73 Å². The second-order valence-electron chi connectivity index (χ2n) is 8.24. The lowest BCUT2D eigenvalue weighted by molar-refractivity contribution is -0.138. The first-order chi connectivity index (χ1) is 17.6. The summed E-state index contributed by atoms with van der Waals surface area (Å²) in [7, 11) is 0. The monoisotopic (exact) mass is 484 g/mol. The van der Waals surface area contributed by atoms with Crippen LogP contribution in [-0.2, 0) is 17.9 Å². The molecular formula is C28H28N4O4. The highest BCUT2D eigenvalue weighted by molar-refractivity contribution is 5.73. The van der Waals surface area contributed by atoms with Crippen molar-refractivity contribution in [2.75, 3.05) is 6.54 Å². The quantitative estimate of drug-likeness (QED) is 0.293. The van der Waals surface area contributed by atoms with Gasteiger partial charge in [0.05, 0.1) is 12.4 Å². The van der Waals surface area contributed by atoms with Crippen molar-refractivity contribution >= 4 is 5.97 Å². The third-order valence-corrected chi connectivity index (χ3v) is 5.53. The van der Waals surface area contributed by atoms with E-state index in [1.54, 1.807) is 24.8 Å². The van der Waals surface area contributed by atoms with E-state index in [2.05, 4.69) is 14.9 Å². The lowest BCUT2D eigenvalue weighted by Gasteiger charge is -2.25. The van der Waals surface area contributed by atoms with Gasteiger partial charge in [-0.25, -0.2) is 0 Å². The van der Waals surface area contributed by atoms with Gasteiger partial charge >= 0.3 is 5.97 Å². The molecule has 1 atom stereocenters. The van der Waals surface area contributed by atoms with E-state index < -0.39 is 12.0 Å². The van der Waals surface area contributed by atoms with E-state index in [1.165, 1.54) is 0 Å². The molecule has 0 aliphatic heterocycles. The standard InChI is InChI=1S/C28H28N4O4/c29-25(28(33)34)13-16-32(19-21-7-1-3-11-26(21)35-23-9-5-14-30-17-23)20-22-8-2-4-12-27(22)36-24-10-6-15-31-18-24/h1-12,14-15,17-18,25H,13,16,19-20,29H2,(H,33,34)/t25-/m0/s1. The summed E-state index contributed by atoms with van der Waals surface area (Å²) in [4.78, 5) is 21.7. The maximum Gasteiger partial charge on any atom is 0.320 e. The predicted octanol–water partition coefficient (Wildman–Crippen LogP) is 4.87. The van der Waals surface area contributed by atoms with Gasteiger partial charge in [0, 0.05) is 43.2 Å². The van der Waals surface area contributed by atoms with Crippen molar-refractivity contribution in [3.05, 3.63) is 109 Å². The first-order valence-electron chi connectivity index (χ1n) is 11.6. The summed E-state index contributed by atoms with van der Waals surface area (Å²) < 4.78 is 12.2. The molecule has 3 N–H and O–H groups in total. The Morgan fingerprint density at radius 3 is 1.75 bits per heavy atom. The molecular weight excluding hydrogens is 456 g/mol. The van der Waals surface area contributed by atoms with Gasteiger partial charge in [0.2, 0.25) is 0 Å². The van der Waals surface area contributed by atoms with Crippen LogP contribution in [0.4, 0.5) is 0 Å². The number of ether oxygens (including phenoxy) is 2. The molecule has 0 unspecified atom stereocenters. The third-order valence-electron chi connectivity index (χ3n) is 5.53. The minimum absolute atomic E-state index is 0.298. The maximum absolute atomic E-state index is 11.3. The van der Waals surface area contributed by atoms with Gasteiger partial charge in [-0.1, -0.05) is 36.4 Å². The molecule has 0 spiro atoms. The highest BCUT2D eigenvalue weighted by Crippen LogP contribution is 2.29. The van der Waals surface area contributed by atoms with Crippen LogP contribution in [0.1, 0.15) is 17.5 Å². The molecule has 2 aromatic carbocycles. The molecule has 4 rings (SSSR count). The van der Waals surface area contributed by atoms with Crippen LogP contribution in [0.3, 0.4) is 0 Å². The van der Waals surface area contributed by atoms with E-state index in [0.717, 1.165) is 11.1 Å². The summed E-state index contributed by atoms with van der Waals surface area (Å²) in [5.74, 6) is 1.67. The zero-order valence-electron chi connectivity index (χ0n) is 19.7. The lowest BCUT2D eigenvalue weighted by Crippen LogP contribution is -2.35. The fourth-order valence-corrected chi connectivity index (χ4v) is 3.68.